The Morgan fingerprint density at radius 1 is 0.490 bits per heavy atom. The molecule has 0 unspecified atom stereocenters. The molecule has 4 aromatic carbocycles. The maximum atomic E-state index is 6.37. The summed E-state index contributed by atoms with van der Waals surface area (Å²) in [5.74, 6) is 2.57. The summed E-state index contributed by atoms with van der Waals surface area (Å²) < 4.78 is 14.6. The molecule has 10 heteroatoms. The van der Waals surface area contributed by atoms with Crippen molar-refractivity contribution in [3.8, 4) is 51.5 Å². The maximum absolute atomic E-state index is 6.37. The van der Waals surface area contributed by atoms with Crippen molar-refractivity contribution in [1.29, 1.82) is 0 Å². The van der Waals surface area contributed by atoms with Gasteiger partial charge in [0.2, 0.25) is 5.95 Å². The molecular formula is C41H28N6O2Pd2. The summed E-state index contributed by atoms with van der Waals surface area (Å²) in [6.07, 6.45) is 6.53. The maximum Gasteiger partial charge on any atom is 2.00 e. The molecule has 0 bridgehead atoms. The van der Waals surface area contributed by atoms with Crippen LogP contribution in [0.2, 0.25) is 0 Å². The third-order valence-electron chi connectivity index (χ3n) is 8.01. The van der Waals surface area contributed by atoms with Gasteiger partial charge in [-0.05, 0) is 37.4 Å². The molecule has 0 aliphatic carbocycles. The van der Waals surface area contributed by atoms with Crippen LogP contribution in [0.5, 0.6) is 23.0 Å². The fourth-order valence-electron chi connectivity index (χ4n) is 5.85. The first-order valence-electron chi connectivity index (χ1n) is 15.7. The van der Waals surface area contributed by atoms with Gasteiger partial charge in [-0.1, -0.05) is 72.4 Å². The number of hydrogen-bond donors (Lipinski definition) is 0. The van der Waals surface area contributed by atoms with E-state index in [1.165, 1.54) is 12.7 Å². The summed E-state index contributed by atoms with van der Waals surface area (Å²) in [7, 11) is 0. The average Bonchev–Trinajstić information content (AvgIpc) is 3.41. The molecule has 0 saturated carbocycles. The van der Waals surface area contributed by atoms with Crippen LogP contribution in [-0.4, -0.2) is 29.5 Å². The molecule has 51 heavy (non-hydrogen) atoms. The number of rotatable bonds is 7. The van der Waals surface area contributed by atoms with Crippen molar-refractivity contribution < 1.29 is 50.3 Å². The smallest absolute Gasteiger partial charge is 0.503 e. The molecule has 0 amide bonds. The van der Waals surface area contributed by atoms with Crippen LogP contribution in [0, 0.1) is 52.0 Å². The quantitative estimate of drug-likeness (QED) is 0.117. The molecular weight excluding hydrogens is 821 g/mol. The van der Waals surface area contributed by atoms with Gasteiger partial charge in [0.15, 0.2) is 0 Å². The second kappa shape index (κ2) is 15.0. The molecule has 254 valence electrons. The van der Waals surface area contributed by atoms with Crippen molar-refractivity contribution in [2.24, 2.45) is 0 Å². The van der Waals surface area contributed by atoms with Gasteiger partial charge in [0, 0.05) is 35.4 Å². The van der Waals surface area contributed by atoms with E-state index in [4.69, 9.17) is 9.47 Å². The van der Waals surface area contributed by atoms with E-state index in [9.17, 15) is 0 Å². The minimum absolute atomic E-state index is 0. The summed E-state index contributed by atoms with van der Waals surface area (Å²) in [4.78, 5) is 22.0. The number of pyridine rings is 2. The van der Waals surface area contributed by atoms with Gasteiger partial charge >= 0.3 is 40.8 Å². The number of hydrogen-bond acceptors (Lipinski definition) is 7. The van der Waals surface area contributed by atoms with E-state index in [1.54, 1.807) is 12.4 Å². The topological polar surface area (TPSA) is 87.8 Å². The van der Waals surface area contributed by atoms with Gasteiger partial charge in [-0.3, -0.25) is 0 Å². The normalized spacial score (nSPS) is 10.8. The van der Waals surface area contributed by atoms with Crippen LogP contribution in [0.15, 0.2) is 97.8 Å². The first-order chi connectivity index (χ1) is 23.9. The zero-order valence-corrected chi connectivity index (χ0v) is 31.0. The van der Waals surface area contributed by atoms with E-state index < -0.39 is 0 Å². The van der Waals surface area contributed by atoms with Crippen molar-refractivity contribution in [3.05, 3.63) is 144 Å². The largest absolute Gasteiger partial charge is 2.00 e. The van der Waals surface area contributed by atoms with Crippen LogP contribution in [0.4, 0.5) is 0 Å². The summed E-state index contributed by atoms with van der Waals surface area (Å²) >= 11 is 0. The molecule has 0 fully saturated rings. The van der Waals surface area contributed by atoms with Crippen LogP contribution in [0.25, 0.3) is 50.3 Å². The fourth-order valence-corrected chi connectivity index (χ4v) is 5.85. The van der Waals surface area contributed by atoms with Gasteiger partial charge in [-0.15, -0.1) is 58.7 Å². The van der Waals surface area contributed by atoms with E-state index in [2.05, 4.69) is 49.2 Å². The molecule has 4 heterocycles. The Kier molecular flexibility index (Phi) is 10.5. The molecule has 4 aromatic heterocycles. The van der Waals surface area contributed by atoms with E-state index in [0.29, 0.717) is 28.9 Å². The standard InChI is InChI=1S/C41H28N6O2.2Pd/c1-25-9-11-43-37(17-25)29-13-27(3)15-33(19-29)48-31-5-7-35-36-8-6-32(22-40(36)47(39(35)21-31)41-45-23-42-24-46-41)49-34-16-28(4)14-30(20-34)38-18-26(2)10-12-44-38;;/h5-18,23-24H,1-4H3;;/q-4;2*+2. The number of aromatic nitrogens is 6. The molecule has 0 atom stereocenters. The summed E-state index contributed by atoms with van der Waals surface area (Å²) in [5.41, 5.74) is 9.13. The molecule has 0 N–H and O–H groups in total. The first-order valence-corrected chi connectivity index (χ1v) is 15.7. The number of ether oxygens (including phenoxy) is 2. The summed E-state index contributed by atoms with van der Waals surface area (Å²) in [5, 5.41) is 1.86. The SMILES string of the molecule is Cc1cc(Oc2[c-]c3c(cc2)c2ccc(Oc4[c-]c(-c5cc(C)ccn5)cc(C)c4)[c-]c2n3-c2ncncn2)[c-]c(-c2cc(C)ccn2)c1.[Pd+2].[Pd+2]. The van der Waals surface area contributed by atoms with E-state index in [0.717, 1.165) is 66.6 Å². The van der Waals surface area contributed by atoms with Gasteiger partial charge in [-0.2, -0.15) is 22.9 Å². The number of aryl methyl sites for hydroxylation is 4. The molecule has 0 aliphatic rings. The Balaban J connectivity index is 0.00000224. The Labute approximate surface area is 323 Å². The minimum Gasteiger partial charge on any atom is -0.503 e. The molecule has 0 aliphatic heterocycles. The molecule has 0 saturated heterocycles. The van der Waals surface area contributed by atoms with Gasteiger partial charge in [0.05, 0.1) is 0 Å². The predicted molar refractivity (Wildman–Crippen MR) is 188 cm³/mol. The van der Waals surface area contributed by atoms with Crippen LogP contribution in [0.1, 0.15) is 22.3 Å². The second-order valence-corrected chi connectivity index (χ2v) is 12.0. The molecule has 0 radical (unpaired) electrons. The monoisotopic (exact) mass is 848 g/mol. The predicted octanol–water partition coefficient (Wildman–Crippen LogP) is 9.11. The van der Waals surface area contributed by atoms with Crippen molar-refractivity contribution in [1.82, 2.24) is 29.5 Å². The Morgan fingerprint density at radius 3 is 1.41 bits per heavy atom. The first kappa shape index (κ1) is 35.7. The number of benzene rings is 4. The fraction of sp³-hybridized carbons (Fsp3) is 0.0976. The van der Waals surface area contributed by atoms with Crippen LogP contribution in [-0.2, 0) is 40.8 Å². The third kappa shape index (κ3) is 7.51. The van der Waals surface area contributed by atoms with Crippen LogP contribution in [0.3, 0.4) is 0 Å². The van der Waals surface area contributed by atoms with Crippen molar-refractivity contribution in [2.75, 3.05) is 0 Å². The van der Waals surface area contributed by atoms with Crippen LogP contribution >= 0.6 is 0 Å². The Bertz CT molecular complexity index is 2370. The Hall–Kier alpha value is -5.09. The Morgan fingerprint density at radius 2 is 0.961 bits per heavy atom. The van der Waals surface area contributed by atoms with Gasteiger partial charge < -0.3 is 24.0 Å². The van der Waals surface area contributed by atoms with Crippen molar-refractivity contribution in [2.45, 2.75) is 27.7 Å². The molecule has 8 rings (SSSR count). The van der Waals surface area contributed by atoms with E-state index in [1.807, 2.05) is 105 Å². The number of nitrogens with zero attached hydrogens (tertiary/aromatic N) is 6. The van der Waals surface area contributed by atoms with Gasteiger partial charge in [-0.25, -0.2) is 15.0 Å². The molecule has 8 aromatic rings. The van der Waals surface area contributed by atoms with Gasteiger partial charge in [0.25, 0.3) is 0 Å². The minimum atomic E-state index is 0. The summed E-state index contributed by atoms with van der Waals surface area (Å²) in [6, 6.07) is 37.5. The average molecular weight is 850 g/mol. The van der Waals surface area contributed by atoms with E-state index in [-0.39, 0.29) is 40.8 Å². The number of fused-ring (bicyclic) bond motifs is 3. The summed E-state index contributed by atoms with van der Waals surface area (Å²) in [6.45, 7) is 8.13. The zero-order valence-electron chi connectivity index (χ0n) is 27.9. The third-order valence-corrected chi connectivity index (χ3v) is 8.01. The molecule has 0 spiro atoms. The zero-order chi connectivity index (χ0) is 33.5. The second-order valence-electron chi connectivity index (χ2n) is 12.0. The van der Waals surface area contributed by atoms with E-state index >= 15 is 0 Å². The van der Waals surface area contributed by atoms with Crippen LogP contribution < -0.4 is 9.47 Å². The molecule has 8 nitrogen and oxygen atoms in total. The van der Waals surface area contributed by atoms with Gasteiger partial charge in [0.1, 0.15) is 12.7 Å². The van der Waals surface area contributed by atoms with Crippen molar-refractivity contribution in [3.63, 3.8) is 0 Å². The van der Waals surface area contributed by atoms with Crippen molar-refractivity contribution >= 4 is 21.8 Å².